The SMILES string of the molecule is CC(C)n1c(C2(C(F)F)COC2)nc2c(F)cc(-c3nc(N[C@@H]4C[C@H]5CO[C@H](O5)[C@H]4O)ncc3Cl)cc21. The van der Waals surface area contributed by atoms with Gasteiger partial charge in [-0.05, 0) is 32.4 Å². The molecule has 0 radical (unpaired) electrons. The molecule has 0 amide bonds. The van der Waals surface area contributed by atoms with Gasteiger partial charge in [0.1, 0.15) is 22.9 Å². The number of hydrogen-bond donors (Lipinski definition) is 2. The smallest absolute Gasteiger partial charge is 0.255 e. The Bertz CT molecular complexity index is 1350. The Morgan fingerprint density at radius 3 is 2.70 bits per heavy atom. The predicted molar refractivity (Wildman–Crippen MR) is 127 cm³/mol. The number of nitrogens with zero attached hydrogens (tertiary/aromatic N) is 4. The summed E-state index contributed by atoms with van der Waals surface area (Å²) in [5.74, 6) is -0.404. The minimum Gasteiger partial charge on any atom is -0.386 e. The number of anilines is 1. The molecule has 3 aromatic rings. The van der Waals surface area contributed by atoms with E-state index in [-0.39, 0.29) is 53.4 Å². The maximum atomic E-state index is 15.4. The lowest BCUT2D eigenvalue weighted by atomic mass is 9.85. The van der Waals surface area contributed by atoms with E-state index in [1.54, 1.807) is 10.6 Å². The van der Waals surface area contributed by atoms with Crippen LogP contribution < -0.4 is 5.32 Å². The third kappa shape index (κ3) is 3.97. The molecule has 2 aromatic heterocycles. The van der Waals surface area contributed by atoms with Gasteiger partial charge in [0.05, 0.1) is 54.4 Å². The van der Waals surface area contributed by atoms with Crippen molar-refractivity contribution < 1.29 is 32.5 Å². The van der Waals surface area contributed by atoms with Crippen molar-refractivity contribution >= 4 is 28.6 Å². The van der Waals surface area contributed by atoms with Crippen LogP contribution in [0.15, 0.2) is 18.3 Å². The van der Waals surface area contributed by atoms with Gasteiger partial charge in [0.25, 0.3) is 6.43 Å². The number of nitrogens with one attached hydrogen (secondary N) is 1. The van der Waals surface area contributed by atoms with E-state index in [1.165, 1.54) is 12.3 Å². The molecule has 37 heavy (non-hydrogen) atoms. The summed E-state index contributed by atoms with van der Waals surface area (Å²) >= 11 is 6.41. The first-order valence-electron chi connectivity index (χ1n) is 12.0. The first-order valence-corrected chi connectivity index (χ1v) is 12.4. The predicted octanol–water partition coefficient (Wildman–Crippen LogP) is 3.69. The minimum atomic E-state index is -2.72. The van der Waals surface area contributed by atoms with Gasteiger partial charge in [0.15, 0.2) is 12.1 Å². The number of fused-ring (bicyclic) bond motifs is 3. The number of rotatable bonds is 6. The van der Waals surface area contributed by atoms with Crippen molar-refractivity contribution in [3.63, 3.8) is 0 Å². The lowest BCUT2D eigenvalue weighted by Gasteiger charge is -2.40. The third-order valence-corrected chi connectivity index (χ3v) is 7.44. The fourth-order valence-electron chi connectivity index (χ4n) is 5.17. The van der Waals surface area contributed by atoms with E-state index in [0.29, 0.717) is 24.1 Å². The molecule has 3 aliphatic heterocycles. The fourth-order valence-corrected chi connectivity index (χ4v) is 5.37. The highest BCUT2D eigenvalue weighted by Gasteiger charge is 2.53. The van der Waals surface area contributed by atoms with Crippen molar-refractivity contribution in [2.75, 3.05) is 25.1 Å². The highest BCUT2D eigenvalue weighted by Crippen LogP contribution is 2.42. The monoisotopic (exact) mass is 539 g/mol. The van der Waals surface area contributed by atoms with E-state index in [0.717, 1.165) is 0 Å². The van der Waals surface area contributed by atoms with Crippen LogP contribution >= 0.6 is 11.6 Å². The Morgan fingerprint density at radius 1 is 1.24 bits per heavy atom. The molecule has 2 bridgehead atoms. The second-order valence-corrected chi connectivity index (χ2v) is 10.4. The topological polar surface area (TPSA) is 104 Å². The molecule has 3 aliphatic rings. The van der Waals surface area contributed by atoms with Gasteiger partial charge in [-0.25, -0.2) is 28.1 Å². The third-order valence-electron chi connectivity index (χ3n) is 7.16. The second-order valence-electron chi connectivity index (χ2n) is 10.0. The van der Waals surface area contributed by atoms with Gasteiger partial charge >= 0.3 is 0 Å². The van der Waals surface area contributed by atoms with Crippen molar-refractivity contribution in [3.8, 4) is 11.3 Å². The maximum Gasteiger partial charge on any atom is 0.255 e. The number of aliphatic hydroxyl groups is 1. The average Bonchev–Trinajstić information content (AvgIpc) is 3.40. The number of hydrogen-bond acceptors (Lipinski definition) is 8. The number of ether oxygens (including phenoxy) is 3. The molecule has 0 unspecified atom stereocenters. The van der Waals surface area contributed by atoms with E-state index in [1.807, 2.05) is 13.8 Å². The molecule has 3 saturated heterocycles. The molecule has 5 heterocycles. The second kappa shape index (κ2) is 9.05. The van der Waals surface area contributed by atoms with Crippen molar-refractivity contribution in [1.82, 2.24) is 19.5 Å². The van der Waals surface area contributed by atoms with Crippen molar-refractivity contribution in [1.29, 1.82) is 0 Å². The zero-order valence-electron chi connectivity index (χ0n) is 20.0. The van der Waals surface area contributed by atoms with E-state index in [4.69, 9.17) is 25.8 Å². The van der Waals surface area contributed by atoms with E-state index in [2.05, 4.69) is 20.3 Å². The number of imidazole rings is 1. The van der Waals surface area contributed by atoms with Gasteiger partial charge in [-0.3, -0.25) is 0 Å². The first kappa shape index (κ1) is 24.8. The Kier molecular flexibility index (Phi) is 6.07. The van der Waals surface area contributed by atoms with Gasteiger partial charge in [0, 0.05) is 11.6 Å². The summed E-state index contributed by atoms with van der Waals surface area (Å²) in [6.45, 7) is 3.67. The van der Waals surface area contributed by atoms with E-state index in [9.17, 15) is 13.9 Å². The van der Waals surface area contributed by atoms with Crippen LogP contribution in [-0.4, -0.2) is 75.4 Å². The van der Waals surface area contributed by atoms with Gasteiger partial charge < -0.3 is 29.2 Å². The first-order chi connectivity index (χ1) is 17.7. The van der Waals surface area contributed by atoms with Crippen molar-refractivity contribution in [3.05, 3.63) is 35.0 Å². The van der Waals surface area contributed by atoms with Crippen LogP contribution in [-0.2, 0) is 19.6 Å². The summed E-state index contributed by atoms with van der Waals surface area (Å²) in [6, 6.07) is 2.17. The van der Waals surface area contributed by atoms with Crippen LogP contribution in [0.4, 0.5) is 19.1 Å². The molecule has 2 N–H and O–H groups in total. The fraction of sp³-hybridized carbons (Fsp3) is 0.542. The number of aromatic nitrogens is 4. The lowest BCUT2D eigenvalue weighted by Crippen LogP contribution is -2.54. The summed E-state index contributed by atoms with van der Waals surface area (Å²) in [5.41, 5.74) is -0.670. The summed E-state index contributed by atoms with van der Waals surface area (Å²) < 4.78 is 61.3. The molecule has 0 saturated carbocycles. The molecule has 4 atom stereocenters. The summed E-state index contributed by atoms with van der Waals surface area (Å²) in [6.07, 6.45) is -2.63. The van der Waals surface area contributed by atoms with Crippen LogP contribution in [0.2, 0.25) is 5.02 Å². The zero-order valence-corrected chi connectivity index (χ0v) is 20.8. The van der Waals surface area contributed by atoms with Gasteiger partial charge in [0.2, 0.25) is 5.95 Å². The van der Waals surface area contributed by atoms with Crippen LogP contribution in [0.25, 0.3) is 22.3 Å². The Morgan fingerprint density at radius 2 is 2.03 bits per heavy atom. The van der Waals surface area contributed by atoms with Crippen molar-refractivity contribution in [2.45, 2.75) is 62.7 Å². The molecule has 13 heteroatoms. The molecular weight excluding hydrogens is 515 g/mol. The largest absolute Gasteiger partial charge is 0.386 e. The number of alkyl halides is 2. The highest BCUT2D eigenvalue weighted by molar-refractivity contribution is 6.33. The molecule has 0 aliphatic carbocycles. The van der Waals surface area contributed by atoms with Gasteiger partial charge in [-0.15, -0.1) is 0 Å². The lowest BCUT2D eigenvalue weighted by molar-refractivity contribution is -0.156. The Balaban J connectivity index is 1.40. The summed E-state index contributed by atoms with van der Waals surface area (Å²) in [5, 5.41) is 13.8. The molecule has 3 fully saturated rings. The average molecular weight is 540 g/mol. The molecular formula is C24H25ClF3N5O4. The van der Waals surface area contributed by atoms with Crippen LogP contribution in [0.1, 0.15) is 32.1 Å². The zero-order chi connectivity index (χ0) is 26.1. The van der Waals surface area contributed by atoms with Crippen LogP contribution in [0.3, 0.4) is 0 Å². The highest BCUT2D eigenvalue weighted by atomic mass is 35.5. The number of aliphatic hydroxyl groups excluding tert-OH is 1. The molecule has 1 aromatic carbocycles. The van der Waals surface area contributed by atoms with E-state index >= 15 is 4.39 Å². The minimum absolute atomic E-state index is 0.0105. The van der Waals surface area contributed by atoms with Gasteiger partial charge in [-0.1, -0.05) is 11.6 Å². The van der Waals surface area contributed by atoms with Crippen LogP contribution in [0.5, 0.6) is 0 Å². The Labute approximate surface area is 214 Å². The molecule has 6 rings (SSSR count). The molecule has 9 nitrogen and oxygen atoms in total. The molecule has 0 spiro atoms. The normalized spacial score (nSPS) is 26.7. The maximum absolute atomic E-state index is 15.4. The quantitative estimate of drug-likeness (QED) is 0.489. The number of halogens is 4. The number of benzene rings is 1. The van der Waals surface area contributed by atoms with E-state index < -0.39 is 36.1 Å². The van der Waals surface area contributed by atoms with Gasteiger partial charge in [-0.2, -0.15) is 0 Å². The van der Waals surface area contributed by atoms with Crippen LogP contribution in [0, 0.1) is 5.82 Å². The molecule has 198 valence electrons. The summed E-state index contributed by atoms with van der Waals surface area (Å²) in [4.78, 5) is 13.0. The summed E-state index contributed by atoms with van der Waals surface area (Å²) in [7, 11) is 0. The Hall–Kier alpha value is -2.51. The standard InChI is InChI=1S/C24H25ClF3N5O4/c1-10(2)33-16-4-11(3-14(26)18(16)31-22(33)24(21(27)28)8-35-9-24)17-13(25)6-29-23(32-17)30-15-5-12-7-36-20(37-12)19(15)34/h3-4,6,10,12,15,19-21,34H,5,7-9H2,1-2H3,(H,29,30,32)/t12-,15+,19-,20+/m0/s1. The van der Waals surface area contributed by atoms with Crippen molar-refractivity contribution in [2.24, 2.45) is 0 Å².